The molecular formula is C16H30N2. The van der Waals surface area contributed by atoms with Crippen molar-refractivity contribution in [3.63, 3.8) is 0 Å². The molecule has 0 aromatic rings. The van der Waals surface area contributed by atoms with Crippen molar-refractivity contribution in [2.45, 2.75) is 58.3 Å². The van der Waals surface area contributed by atoms with Crippen LogP contribution in [0, 0.1) is 10.8 Å². The van der Waals surface area contributed by atoms with E-state index in [4.69, 9.17) is 0 Å². The molecule has 1 saturated carbocycles. The van der Waals surface area contributed by atoms with Crippen LogP contribution in [0.1, 0.15) is 58.3 Å². The van der Waals surface area contributed by atoms with Crippen molar-refractivity contribution in [3.8, 4) is 0 Å². The molecule has 0 aromatic heterocycles. The number of nitrogens with zero attached hydrogens (tertiary/aromatic N) is 1. The summed E-state index contributed by atoms with van der Waals surface area (Å²) in [5.41, 5.74) is 1.32. The van der Waals surface area contributed by atoms with Crippen molar-refractivity contribution in [2.24, 2.45) is 10.8 Å². The largest absolute Gasteiger partial charge is 0.316 e. The SMILES string of the molecule is CC1(CN2CCC3(CCCC3)CC2)CCCNC1. The van der Waals surface area contributed by atoms with Crippen molar-refractivity contribution in [2.75, 3.05) is 32.7 Å². The maximum Gasteiger partial charge on any atom is 0.00475 e. The minimum absolute atomic E-state index is 0.540. The highest BCUT2D eigenvalue weighted by atomic mass is 15.1. The van der Waals surface area contributed by atoms with Crippen LogP contribution in [0.5, 0.6) is 0 Å². The van der Waals surface area contributed by atoms with Crippen LogP contribution >= 0.6 is 0 Å². The number of rotatable bonds is 2. The van der Waals surface area contributed by atoms with Crippen molar-refractivity contribution in [1.82, 2.24) is 10.2 Å². The Morgan fingerprint density at radius 2 is 1.67 bits per heavy atom. The minimum atomic E-state index is 0.540. The molecule has 2 heterocycles. The monoisotopic (exact) mass is 250 g/mol. The fraction of sp³-hybridized carbons (Fsp3) is 1.00. The molecule has 1 unspecified atom stereocenters. The third-order valence-corrected chi connectivity index (χ3v) is 5.87. The summed E-state index contributed by atoms with van der Waals surface area (Å²) in [5.74, 6) is 0. The Morgan fingerprint density at radius 1 is 0.944 bits per heavy atom. The molecule has 1 aliphatic carbocycles. The quantitative estimate of drug-likeness (QED) is 0.810. The first-order valence-corrected chi connectivity index (χ1v) is 8.13. The van der Waals surface area contributed by atoms with E-state index in [0.29, 0.717) is 5.41 Å². The van der Waals surface area contributed by atoms with Gasteiger partial charge in [0.1, 0.15) is 0 Å². The Labute approximate surface area is 113 Å². The van der Waals surface area contributed by atoms with Gasteiger partial charge < -0.3 is 10.2 Å². The number of likely N-dealkylation sites (tertiary alicyclic amines) is 1. The third kappa shape index (κ3) is 2.75. The maximum atomic E-state index is 3.59. The van der Waals surface area contributed by atoms with E-state index in [-0.39, 0.29) is 0 Å². The van der Waals surface area contributed by atoms with Gasteiger partial charge in [-0.1, -0.05) is 19.8 Å². The van der Waals surface area contributed by atoms with Gasteiger partial charge in [0.25, 0.3) is 0 Å². The molecule has 3 rings (SSSR count). The van der Waals surface area contributed by atoms with Gasteiger partial charge in [-0.3, -0.25) is 0 Å². The van der Waals surface area contributed by atoms with Crippen molar-refractivity contribution in [1.29, 1.82) is 0 Å². The Kier molecular flexibility index (Phi) is 3.68. The summed E-state index contributed by atoms with van der Waals surface area (Å²) < 4.78 is 0. The molecule has 0 aromatic carbocycles. The average Bonchev–Trinajstić information content (AvgIpc) is 2.82. The molecule has 1 N–H and O–H groups in total. The van der Waals surface area contributed by atoms with Gasteiger partial charge in [-0.25, -0.2) is 0 Å². The van der Waals surface area contributed by atoms with E-state index >= 15 is 0 Å². The molecule has 18 heavy (non-hydrogen) atoms. The molecule has 0 radical (unpaired) electrons. The first-order chi connectivity index (χ1) is 8.70. The second-order valence-electron chi connectivity index (χ2n) is 7.57. The predicted molar refractivity (Wildman–Crippen MR) is 76.8 cm³/mol. The zero-order valence-electron chi connectivity index (χ0n) is 12.1. The van der Waals surface area contributed by atoms with Crippen molar-refractivity contribution < 1.29 is 0 Å². The Bertz CT molecular complexity index is 265. The van der Waals surface area contributed by atoms with Crippen LogP contribution < -0.4 is 5.32 Å². The number of hydrogen-bond donors (Lipinski definition) is 1. The second-order valence-corrected chi connectivity index (χ2v) is 7.57. The highest BCUT2D eigenvalue weighted by Gasteiger charge is 2.38. The van der Waals surface area contributed by atoms with Crippen molar-refractivity contribution >= 4 is 0 Å². The van der Waals surface area contributed by atoms with Crippen LogP contribution in [0.15, 0.2) is 0 Å². The standard InChI is InChI=1S/C16H30N2/c1-15(5-4-10-17-13-15)14-18-11-8-16(9-12-18)6-2-3-7-16/h17H,2-14H2,1H3. The summed E-state index contributed by atoms with van der Waals surface area (Å²) in [5, 5.41) is 3.59. The lowest BCUT2D eigenvalue weighted by molar-refractivity contribution is 0.0636. The van der Waals surface area contributed by atoms with Crippen LogP contribution in [0.4, 0.5) is 0 Å². The fourth-order valence-electron chi connectivity index (χ4n) is 4.60. The lowest BCUT2D eigenvalue weighted by Crippen LogP contribution is -2.49. The van der Waals surface area contributed by atoms with Gasteiger partial charge in [-0.2, -0.15) is 0 Å². The van der Waals surface area contributed by atoms with Gasteiger partial charge >= 0.3 is 0 Å². The smallest absolute Gasteiger partial charge is 0.00475 e. The van der Waals surface area contributed by atoms with Crippen LogP contribution in [-0.4, -0.2) is 37.6 Å². The number of piperidine rings is 2. The topological polar surface area (TPSA) is 15.3 Å². The van der Waals surface area contributed by atoms with Crippen LogP contribution in [0.3, 0.4) is 0 Å². The van der Waals surface area contributed by atoms with Crippen LogP contribution in [0.25, 0.3) is 0 Å². The van der Waals surface area contributed by atoms with Gasteiger partial charge in [0.05, 0.1) is 0 Å². The Balaban J connectivity index is 1.50. The van der Waals surface area contributed by atoms with E-state index in [0.717, 1.165) is 5.41 Å². The molecule has 3 aliphatic rings. The number of nitrogens with one attached hydrogen (secondary N) is 1. The molecule has 2 aliphatic heterocycles. The summed E-state index contributed by atoms with van der Waals surface area (Å²) in [6, 6.07) is 0. The summed E-state index contributed by atoms with van der Waals surface area (Å²) in [7, 11) is 0. The van der Waals surface area contributed by atoms with E-state index < -0.39 is 0 Å². The summed E-state index contributed by atoms with van der Waals surface area (Å²) in [6.07, 6.45) is 11.8. The highest BCUT2D eigenvalue weighted by Crippen LogP contribution is 2.46. The lowest BCUT2D eigenvalue weighted by atomic mass is 9.76. The molecule has 0 amide bonds. The summed E-state index contributed by atoms with van der Waals surface area (Å²) in [6.45, 7) is 9.02. The van der Waals surface area contributed by atoms with E-state index in [2.05, 4.69) is 17.1 Å². The van der Waals surface area contributed by atoms with E-state index in [1.807, 2.05) is 0 Å². The normalized spacial score (nSPS) is 37.2. The van der Waals surface area contributed by atoms with Crippen molar-refractivity contribution in [3.05, 3.63) is 0 Å². The molecular weight excluding hydrogens is 220 g/mol. The third-order valence-electron chi connectivity index (χ3n) is 5.87. The van der Waals surface area contributed by atoms with Gasteiger partial charge in [0.15, 0.2) is 0 Å². The first-order valence-electron chi connectivity index (χ1n) is 8.13. The molecule has 3 fully saturated rings. The minimum Gasteiger partial charge on any atom is -0.316 e. The molecule has 0 bridgehead atoms. The molecule has 2 nitrogen and oxygen atoms in total. The fourth-order valence-corrected chi connectivity index (χ4v) is 4.60. The Hall–Kier alpha value is -0.0800. The van der Waals surface area contributed by atoms with Gasteiger partial charge in [-0.15, -0.1) is 0 Å². The number of hydrogen-bond acceptors (Lipinski definition) is 2. The van der Waals surface area contributed by atoms with Gasteiger partial charge in [0.2, 0.25) is 0 Å². The molecule has 2 saturated heterocycles. The van der Waals surface area contributed by atoms with Crippen LogP contribution in [-0.2, 0) is 0 Å². The highest BCUT2D eigenvalue weighted by molar-refractivity contribution is 4.92. The van der Waals surface area contributed by atoms with Crippen LogP contribution in [0.2, 0.25) is 0 Å². The van der Waals surface area contributed by atoms with E-state index in [1.54, 1.807) is 0 Å². The summed E-state index contributed by atoms with van der Waals surface area (Å²) >= 11 is 0. The zero-order valence-corrected chi connectivity index (χ0v) is 12.1. The molecule has 1 spiro atoms. The Morgan fingerprint density at radius 3 is 2.28 bits per heavy atom. The van der Waals surface area contributed by atoms with Gasteiger partial charge in [-0.05, 0) is 69.0 Å². The zero-order chi connectivity index (χ0) is 12.5. The molecule has 1 atom stereocenters. The first kappa shape index (κ1) is 12.9. The van der Waals surface area contributed by atoms with Gasteiger partial charge in [0, 0.05) is 13.1 Å². The molecule has 2 heteroatoms. The maximum absolute atomic E-state index is 3.59. The lowest BCUT2D eigenvalue weighted by Gasteiger charge is -2.44. The predicted octanol–water partition coefficient (Wildman–Crippen LogP) is 3.03. The van der Waals surface area contributed by atoms with E-state index in [1.165, 1.54) is 84.1 Å². The van der Waals surface area contributed by atoms with E-state index in [9.17, 15) is 0 Å². The average molecular weight is 250 g/mol. The molecule has 104 valence electrons. The second kappa shape index (κ2) is 5.13. The summed E-state index contributed by atoms with van der Waals surface area (Å²) in [4.78, 5) is 2.76.